The summed E-state index contributed by atoms with van der Waals surface area (Å²) in [4.78, 5) is 0. The molecule has 0 spiro atoms. The molecule has 0 aliphatic heterocycles. The Kier molecular flexibility index (Phi) is 3.26. The van der Waals surface area contributed by atoms with E-state index in [1.54, 1.807) is 0 Å². The predicted molar refractivity (Wildman–Crippen MR) is 65.9 cm³/mol. The van der Waals surface area contributed by atoms with Crippen LogP contribution in [0.3, 0.4) is 0 Å². The largest absolute Gasteiger partial charge is 0.316 e. The Bertz CT molecular complexity index is 280. The van der Waals surface area contributed by atoms with Crippen LogP contribution in [0.1, 0.15) is 52.4 Å². The van der Waals surface area contributed by atoms with Crippen molar-refractivity contribution in [1.82, 2.24) is 5.32 Å². The molecule has 2 saturated carbocycles. The second kappa shape index (κ2) is 4.37. The summed E-state index contributed by atoms with van der Waals surface area (Å²) in [5, 5.41) is 12.5. The molecule has 2 rings (SSSR count). The molecule has 0 aromatic heterocycles. The van der Waals surface area contributed by atoms with Crippen molar-refractivity contribution in [3.05, 3.63) is 0 Å². The zero-order chi connectivity index (χ0) is 11.6. The van der Waals surface area contributed by atoms with Crippen molar-refractivity contribution >= 4 is 0 Å². The van der Waals surface area contributed by atoms with Crippen LogP contribution in [0.2, 0.25) is 0 Å². The number of hydrogen-bond acceptors (Lipinski definition) is 2. The minimum atomic E-state index is -0.143. The van der Waals surface area contributed by atoms with Crippen LogP contribution in [-0.4, -0.2) is 13.1 Å². The first kappa shape index (κ1) is 11.9. The van der Waals surface area contributed by atoms with Crippen molar-refractivity contribution < 1.29 is 0 Å². The molecule has 2 heteroatoms. The quantitative estimate of drug-likeness (QED) is 0.669. The van der Waals surface area contributed by atoms with Gasteiger partial charge in [-0.2, -0.15) is 5.26 Å². The fourth-order valence-corrected chi connectivity index (χ4v) is 2.63. The normalized spacial score (nSPS) is 22.8. The van der Waals surface area contributed by atoms with Crippen molar-refractivity contribution in [2.24, 2.45) is 16.7 Å². The van der Waals surface area contributed by atoms with Gasteiger partial charge in [0.15, 0.2) is 0 Å². The maximum Gasteiger partial charge on any atom is 0.0683 e. The first-order valence-electron chi connectivity index (χ1n) is 6.70. The molecule has 0 aromatic rings. The van der Waals surface area contributed by atoms with Crippen molar-refractivity contribution in [3.63, 3.8) is 0 Å². The van der Waals surface area contributed by atoms with Gasteiger partial charge >= 0.3 is 0 Å². The van der Waals surface area contributed by atoms with Gasteiger partial charge in [0, 0.05) is 6.54 Å². The van der Waals surface area contributed by atoms with Gasteiger partial charge in [0.25, 0.3) is 0 Å². The Balaban J connectivity index is 1.54. The second-order valence-corrected chi connectivity index (χ2v) is 6.41. The Morgan fingerprint density at radius 2 is 2.06 bits per heavy atom. The summed E-state index contributed by atoms with van der Waals surface area (Å²) in [6.45, 7) is 6.36. The van der Waals surface area contributed by atoms with Crippen LogP contribution in [-0.2, 0) is 0 Å². The molecule has 0 saturated heterocycles. The fourth-order valence-electron chi connectivity index (χ4n) is 2.63. The van der Waals surface area contributed by atoms with Gasteiger partial charge in [0.05, 0.1) is 11.5 Å². The van der Waals surface area contributed by atoms with E-state index in [4.69, 9.17) is 5.26 Å². The third-order valence-electron chi connectivity index (χ3n) is 4.27. The van der Waals surface area contributed by atoms with Gasteiger partial charge in [-0.25, -0.2) is 0 Å². The minimum Gasteiger partial charge on any atom is -0.316 e. The summed E-state index contributed by atoms with van der Waals surface area (Å²) in [6, 6.07) is 2.36. The average Bonchev–Trinajstić information content (AvgIpc) is 3.10. The highest BCUT2D eigenvalue weighted by Gasteiger charge is 2.52. The Morgan fingerprint density at radius 1 is 1.38 bits per heavy atom. The fraction of sp³-hybridized carbons (Fsp3) is 0.929. The van der Waals surface area contributed by atoms with Crippen molar-refractivity contribution in [1.29, 1.82) is 5.26 Å². The van der Waals surface area contributed by atoms with Gasteiger partial charge in [0.1, 0.15) is 0 Å². The van der Waals surface area contributed by atoms with Crippen LogP contribution in [0.4, 0.5) is 0 Å². The van der Waals surface area contributed by atoms with Gasteiger partial charge in [-0.3, -0.25) is 0 Å². The molecular formula is C14H24N2. The molecule has 2 fully saturated rings. The Labute approximate surface area is 99.4 Å². The highest BCUT2D eigenvalue weighted by Crippen LogP contribution is 2.60. The zero-order valence-corrected chi connectivity index (χ0v) is 10.7. The summed E-state index contributed by atoms with van der Waals surface area (Å²) < 4.78 is 0. The highest BCUT2D eigenvalue weighted by atomic mass is 14.9. The van der Waals surface area contributed by atoms with E-state index in [-0.39, 0.29) is 5.41 Å². The molecule has 0 radical (unpaired) electrons. The topological polar surface area (TPSA) is 35.8 Å². The van der Waals surface area contributed by atoms with Crippen LogP contribution < -0.4 is 5.32 Å². The third kappa shape index (κ3) is 2.98. The third-order valence-corrected chi connectivity index (χ3v) is 4.27. The summed E-state index contributed by atoms with van der Waals surface area (Å²) in [5.41, 5.74) is 0.570. The molecule has 0 aromatic carbocycles. The Hall–Kier alpha value is -0.550. The number of rotatable bonds is 7. The van der Waals surface area contributed by atoms with Gasteiger partial charge < -0.3 is 5.32 Å². The minimum absolute atomic E-state index is 0.143. The lowest BCUT2D eigenvalue weighted by Crippen LogP contribution is -2.27. The predicted octanol–water partition coefficient (Wildman–Crippen LogP) is 3.10. The van der Waals surface area contributed by atoms with Crippen molar-refractivity contribution in [3.8, 4) is 6.07 Å². The standard InChI is InChI=1S/C14H24N2/c1-13(2,10-15)6-3-9-16-11-14(7-8-14)12-4-5-12/h12,16H,3-9,11H2,1-2H3. The molecular weight excluding hydrogens is 196 g/mol. The summed E-state index contributed by atoms with van der Waals surface area (Å²) >= 11 is 0. The summed E-state index contributed by atoms with van der Waals surface area (Å²) in [6.07, 6.45) is 7.99. The van der Waals surface area contributed by atoms with Crippen LogP contribution in [0, 0.1) is 28.1 Å². The molecule has 0 unspecified atom stereocenters. The van der Waals surface area contributed by atoms with Crippen LogP contribution >= 0.6 is 0 Å². The molecule has 0 bridgehead atoms. The van der Waals surface area contributed by atoms with Crippen LogP contribution in [0.15, 0.2) is 0 Å². The van der Waals surface area contributed by atoms with E-state index >= 15 is 0 Å². The molecule has 0 atom stereocenters. The molecule has 0 heterocycles. The SMILES string of the molecule is CC(C)(C#N)CCCNCC1(C2CC2)CC1. The van der Waals surface area contributed by atoms with Gasteiger partial charge in [-0.05, 0) is 70.3 Å². The Morgan fingerprint density at radius 3 is 2.56 bits per heavy atom. The number of nitrogens with one attached hydrogen (secondary N) is 1. The molecule has 0 amide bonds. The number of hydrogen-bond donors (Lipinski definition) is 1. The molecule has 2 aliphatic rings. The first-order chi connectivity index (χ1) is 7.58. The molecule has 1 N–H and O–H groups in total. The van der Waals surface area contributed by atoms with Gasteiger partial charge in [0.2, 0.25) is 0 Å². The first-order valence-corrected chi connectivity index (χ1v) is 6.70. The summed E-state index contributed by atoms with van der Waals surface area (Å²) in [7, 11) is 0. The smallest absolute Gasteiger partial charge is 0.0683 e. The monoisotopic (exact) mass is 220 g/mol. The van der Waals surface area contributed by atoms with E-state index in [1.165, 1.54) is 32.2 Å². The van der Waals surface area contributed by atoms with Gasteiger partial charge in [-0.15, -0.1) is 0 Å². The highest BCUT2D eigenvalue weighted by molar-refractivity contribution is 5.05. The maximum absolute atomic E-state index is 8.90. The lowest BCUT2D eigenvalue weighted by molar-refractivity contribution is 0.382. The van der Waals surface area contributed by atoms with Crippen molar-refractivity contribution in [2.45, 2.75) is 52.4 Å². The maximum atomic E-state index is 8.90. The van der Waals surface area contributed by atoms with E-state index in [1.807, 2.05) is 13.8 Å². The molecule has 90 valence electrons. The molecule has 2 aliphatic carbocycles. The van der Waals surface area contributed by atoms with E-state index < -0.39 is 0 Å². The second-order valence-electron chi connectivity index (χ2n) is 6.41. The van der Waals surface area contributed by atoms with E-state index in [0.29, 0.717) is 5.41 Å². The number of nitriles is 1. The summed E-state index contributed by atoms with van der Waals surface area (Å²) in [5.74, 6) is 1.05. The van der Waals surface area contributed by atoms with Crippen LogP contribution in [0.5, 0.6) is 0 Å². The van der Waals surface area contributed by atoms with Gasteiger partial charge in [-0.1, -0.05) is 0 Å². The lowest BCUT2D eigenvalue weighted by atomic mass is 9.90. The lowest BCUT2D eigenvalue weighted by Gasteiger charge is -2.17. The van der Waals surface area contributed by atoms with E-state index in [2.05, 4.69) is 11.4 Å². The van der Waals surface area contributed by atoms with E-state index in [9.17, 15) is 0 Å². The average molecular weight is 220 g/mol. The van der Waals surface area contributed by atoms with Crippen molar-refractivity contribution in [2.75, 3.05) is 13.1 Å². The number of nitrogens with zero attached hydrogens (tertiary/aromatic N) is 1. The molecule has 16 heavy (non-hydrogen) atoms. The van der Waals surface area contributed by atoms with E-state index in [0.717, 1.165) is 25.3 Å². The zero-order valence-electron chi connectivity index (χ0n) is 10.7. The van der Waals surface area contributed by atoms with Crippen LogP contribution in [0.25, 0.3) is 0 Å². The molecule has 2 nitrogen and oxygen atoms in total.